The van der Waals surface area contributed by atoms with Gasteiger partial charge in [-0.15, -0.1) is 0 Å². The molecule has 1 aromatic heterocycles. The van der Waals surface area contributed by atoms with Crippen LogP contribution in [0.15, 0.2) is 28.7 Å². The minimum Gasteiger partial charge on any atom is -0.440 e. The number of carbonyl (C=O) groups is 1. The van der Waals surface area contributed by atoms with Crippen LogP contribution in [0.5, 0.6) is 0 Å². The first-order valence-electron chi connectivity index (χ1n) is 7.41. The Hall–Kier alpha value is -1.84. The van der Waals surface area contributed by atoms with E-state index < -0.39 is 0 Å². The molecule has 0 radical (unpaired) electrons. The van der Waals surface area contributed by atoms with Crippen LogP contribution < -0.4 is 0 Å². The predicted octanol–water partition coefficient (Wildman–Crippen LogP) is 3.33. The third-order valence-electron chi connectivity index (χ3n) is 3.97. The summed E-state index contributed by atoms with van der Waals surface area (Å²) in [5.41, 5.74) is 1.78. The van der Waals surface area contributed by atoms with E-state index in [1.165, 1.54) is 0 Å². The van der Waals surface area contributed by atoms with E-state index in [4.69, 9.17) is 4.42 Å². The lowest BCUT2D eigenvalue weighted by molar-refractivity contribution is -0.132. The first kappa shape index (κ1) is 13.2. The lowest BCUT2D eigenvalue weighted by Crippen LogP contribution is -2.37. The summed E-state index contributed by atoms with van der Waals surface area (Å²) in [6.07, 6.45) is 3.47. The van der Waals surface area contributed by atoms with Crippen LogP contribution in [-0.4, -0.2) is 28.9 Å². The molecule has 1 aromatic carbocycles. The molecule has 0 spiro atoms. The number of oxazole rings is 1. The Kier molecular flexibility index (Phi) is 3.72. The smallest absolute Gasteiger partial charge is 0.222 e. The van der Waals surface area contributed by atoms with Crippen LogP contribution in [-0.2, 0) is 4.79 Å². The van der Waals surface area contributed by atoms with Crippen LogP contribution in [0.25, 0.3) is 11.1 Å². The fraction of sp³-hybridized carbons (Fsp3) is 0.500. The molecule has 0 unspecified atom stereocenters. The first-order chi connectivity index (χ1) is 9.78. The molecule has 3 rings (SSSR count). The summed E-state index contributed by atoms with van der Waals surface area (Å²) < 4.78 is 5.84. The quantitative estimate of drug-likeness (QED) is 0.861. The maximum atomic E-state index is 11.9. The number of hydrogen-bond acceptors (Lipinski definition) is 3. The number of nitrogens with zero attached hydrogens (tertiary/aromatic N) is 2. The second-order valence-corrected chi connectivity index (χ2v) is 5.42. The summed E-state index contributed by atoms with van der Waals surface area (Å²) in [6.45, 7) is 3.69. The molecule has 106 valence electrons. The van der Waals surface area contributed by atoms with Gasteiger partial charge < -0.3 is 9.32 Å². The summed E-state index contributed by atoms with van der Waals surface area (Å²) in [7, 11) is 0. The number of amides is 1. The number of likely N-dealkylation sites (tertiary alicyclic amines) is 1. The van der Waals surface area contributed by atoms with Crippen molar-refractivity contribution in [1.29, 1.82) is 0 Å². The first-order valence-corrected chi connectivity index (χ1v) is 7.41. The molecule has 20 heavy (non-hydrogen) atoms. The van der Waals surface area contributed by atoms with E-state index >= 15 is 0 Å². The monoisotopic (exact) mass is 272 g/mol. The van der Waals surface area contributed by atoms with Gasteiger partial charge in [0.05, 0.1) is 0 Å². The van der Waals surface area contributed by atoms with Crippen molar-refractivity contribution >= 4 is 17.0 Å². The molecular formula is C16H20N2O2. The average molecular weight is 272 g/mol. The van der Waals surface area contributed by atoms with Gasteiger partial charge in [0.1, 0.15) is 5.52 Å². The molecule has 0 bridgehead atoms. The minimum atomic E-state index is 0.281. The molecule has 0 saturated carbocycles. The summed E-state index contributed by atoms with van der Waals surface area (Å²) in [4.78, 5) is 18.4. The van der Waals surface area contributed by atoms with Gasteiger partial charge in [-0.2, -0.15) is 0 Å². The molecule has 0 N–H and O–H groups in total. The number of piperidine rings is 1. The van der Waals surface area contributed by atoms with Crippen LogP contribution in [0.3, 0.4) is 0 Å². The molecule has 2 heterocycles. The van der Waals surface area contributed by atoms with Gasteiger partial charge in [-0.25, -0.2) is 4.98 Å². The van der Waals surface area contributed by atoms with Crippen LogP contribution >= 0.6 is 0 Å². The van der Waals surface area contributed by atoms with E-state index in [1.54, 1.807) is 0 Å². The van der Waals surface area contributed by atoms with E-state index in [-0.39, 0.29) is 5.91 Å². The summed E-state index contributed by atoms with van der Waals surface area (Å²) in [5.74, 6) is 1.45. The van der Waals surface area contributed by atoms with Gasteiger partial charge in [0, 0.05) is 25.4 Å². The lowest BCUT2D eigenvalue weighted by Gasteiger charge is -2.30. The molecule has 1 aliphatic heterocycles. The molecule has 1 amide bonds. The molecule has 1 fully saturated rings. The highest BCUT2D eigenvalue weighted by Gasteiger charge is 2.26. The third-order valence-corrected chi connectivity index (χ3v) is 3.97. The van der Waals surface area contributed by atoms with E-state index in [0.29, 0.717) is 12.3 Å². The molecule has 1 aliphatic rings. The maximum absolute atomic E-state index is 11.9. The highest BCUT2D eigenvalue weighted by Crippen LogP contribution is 2.30. The highest BCUT2D eigenvalue weighted by molar-refractivity contribution is 5.76. The number of rotatable bonds is 3. The normalized spacial score (nSPS) is 16.8. The Bertz CT molecular complexity index is 564. The van der Waals surface area contributed by atoms with Crippen molar-refractivity contribution in [3.63, 3.8) is 0 Å². The van der Waals surface area contributed by atoms with Crippen molar-refractivity contribution < 1.29 is 9.21 Å². The zero-order valence-electron chi connectivity index (χ0n) is 11.8. The number of benzene rings is 1. The molecular weight excluding hydrogens is 252 g/mol. The number of para-hydroxylation sites is 2. The standard InChI is InChI=1S/C16H20N2O2/c1-2-5-15(19)18-10-8-12(9-11-18)16-17-13-6-3-4-7-14(13)20-16/h3-4,6-7,12H,2,5,8-11H2,1H3. The topological polar surface area (TPSA) is 46.3 Å². The molecule has 0 aliphatic carbocycles. The van der Waals surface area contributed by atoms with Crippen molar-refractivity contribution in [2.75, 3.05) is 13.1 Å². The second-order valence-electron chi connectivity index (χ2n) is 5.42. The largest absolute Gasteiger partial charge is 0.440 e. The molecule has 0 atom stereocenters. The van der Waals surface area contributed by atoms with Crippen molar-refractivity contribution in [3.05, 3.63) is 30.2 Å². The van der Waals surface area contributed by atoms with Gasteiger partial charge in [-0.1, -0.05) is 19.1 Å². The summed E-state index contributed by atoms with van der Waals surface area (Å²) in [6, 6.07) is 7.86. The van der Waals surface area contributed by atoms with Crippen LogP contribution in [0.4, 0.5) is 0 Å². The fourth-order valence-corrected chi connectivity index (χ4v) is 2.81. The maximum Gasteiger partial charge on any atom is 0.222 e. The second kappa shape index (κ2) is 5.65. The Morgan fingerprint density at radius 3 is 2.80 bits per heavy atom. The number of hydrogen-bond donors (Lipinski definition) is 0. The van der Waals surface area contributed by atoms with E-state index in [9.17, 15) is 4.79 Å². The average Bonchev–Trinajstić information content (AvgIpc) is 2.91. The highest BCUT2D eigenvalue weighted by atomic mass is 16.3. The van der Waals surface area contributed by atoms with Gasteiger partial charge >= 0.3 is 0 Å². The number of aromatic nitrogens is 1. The summed E-state index contributed by atoms with van der Waals surface area (Å²) >= 11 is 0. The Morgan fingerprint density at radius 2 is 2.10 bits per heavy atom. The van der Waals surface area contributed by atoms with Gasteiger partial charge in [0.25, 0.3) is 0 Å². The van der Waals surface area contributed by atoms with Crippen molar-refractivity contribution in [1.82, 2.24) is 9.88 Å². The Labute approximate surface area is 118 Å². The van der Waals surface area contributed by atoms with Crippen LogP contribution in [0.1, 0.15) is 44.4 Å². The Balaban J connectivity index is 1.67. The van der Waals surface area contributed by atoms with Gasteiger partial charge in [0.2, 0.25) is 5.91 Å². The SMILES string of the molecule is CCCC(=O)N1CCC(c2nc3ccccc3o2)CC1. The lowest BCUT2D eigenvalue weighted by atomic mass is 9.96. The van der Waals surface area contributed by atoms with Crippen LogP contribution in [0.2, 0.25) is 0 Å². The van der Waals surface area contributed by atoms with E-state index in [2.05, 4.69) is 4.98 Å². The zero-order chi connectivity index (χ0) is 13.9. The predicted molar refractivity (Wildman–Crippen MR) is 77.5 cm³/mol. The van der Waals surface area contributed by atoms with Gasteiger partial charge in [-0.3, -0.25) is 4.79 Å². The zero-order valence-corrected chi connectivity index (χ0v) is 11.8. The Morgan fingerprint density at radius 1 is 1.35 bits per heavy atom. The summed E-state index contributed by atoms with van der Waals surface area (Å²) in [5, 5.41) is 0. The van der Waals surface area contributed by atoms with Crippen LogP contribution in [0, 0.1) is 0 Å². The van der Waals surface area contributed by atoms with E-state index in [1.807, 2.05) is 36.1 Å². The molecule has 1 saturated heterocycles. The third kappa shape index (κ3) is 2.55. The number of carbonyl (C=O) groups excluding carboxylic acids is 1. The van der Waals surface area contributed by atoms with Crippen molar-refractivity contribution in [2.45, 2.75) is 38.5 Å². The molecule has 4 nitrogen and oxygen atoms in total. The minimum absolute atomic E-state index is 0.281. The van der Waals surface area contributed by atoms with E-state index in [0.717, 1.165) is 49.3 Å². The number of fused-ring (bicyclic) bond motifs is 1. The fourth-order valence-electron chi connectivity index (χ4n) is 2.81. The van der Waals surface area contributed by atoms with Gasteiger partial charge in [0.15, 0.2) is 11.5 Å². The van der Waals surface area contributed by atoms with Gasteiger partial charge in [-0.05, 0) is 31.4 Å². The molecule has 2 aromatic rings. The van der Waals surface area contributed by atoms with Crippen molar-refractivity contribution in [3.8, 4) is 0 Å². The molecule has 4 heteroatoms. The van der Waals surface area contributed by atoms with Crippen molar-refractivity contribution in [2.24, 2.45) is 0 Å².